The third-order valence-corrected chi connectivity index (χ3v) is 3.26. The number of rotatable bonds is 2. The van der Waals surface area contributed by atoms with Crippen molar-refractivity contribution in [3.8, 4) is 5.82 Å². The molecule has 0 fully saturated rings. The third kappa shape index (κ3) is 1.66. The van der Waals surface area contributed by atoms with Crippen LogP contribution in [0.25, 0.3) is 16.0 Å². The topological polar surface area (TPSA) is 55.6 Å². The first-order chi connectivity index (χ1) is 8.28. The van der Waals surface area contributed by atoms with E-state index in [1.807, 2.05) is 37.8 Å². The Morgan fingerprint density at radius 2 is 2.24 bits per heavy atom. The molecule has 5 nitrogen and oxygen atoms in total. The fraction of sp³-hybridized carbons (Fsp3) is 0.182. The number of nitrogens with zero attached hydrogens (tertiary/aromatic N) is 4. The van der Waals surface area contributed by atoms with E-state index in [0.717, 1.165) is 21.6 Å². The van der Waals surface area contributed by atoms with Crippen molar-refractivity contribution < 1.29 is 0 Å². The zero-order chi connectivity index (χ0) is 11.8. The number of anilines is 1. The minimum absolute atomic E-state index is 0.614. The highest BCUT2D eigenvalue weighted by molar-refractivity contribution is 7.16. The van der Waals surface area contributed by atoms with Crippen molar-refractivity contribution in [2.24, 2.45) is 0 Å². The molecule has 0 radical (unpaired) electrons. The summed E-state index contributed by atoms with van der Waals surface area (Å²) in [5.41, 5.74) is 1.11. The number of thiophene rings is 1. The van der Waals surface area contributed by atoms with Crippen LogP contribution in [-0.4, -0.2) is 26.8 Å². The Kier molecular flexibility index (Phi) is 2.29. The molecule has 0 atom stereocenters. The first-order valence-electron chi connectivity index (χ1n) is 5.22. The van der Waals surface area contributed by atoms with Gasteiger partial charge in [0.05, 0.1) is 11.6 Å². The quantitative estimate of drug-likeness (QED) is 0.752. The highest BCUT2D eigenvalue weighted by Crippen LogP contribution is 2.25. The summed E-state index contributed by atoms with van der Waals surface area (Å²) in [6.45, 7) is 2.01. The molecule has 3 aromatic rings. The van der Waals surface area contributed by atoms with Crippen LogP contribution in [0.3, 0.4) is 0 Å². The van der Waals surface area contributed by atoms with Gasteiger partial charge < -0.3 is 5.32 Å². The van der Waals surface area contributed by atoms with Crippen LogP contribution >= 0.6 is 11.3 Å². The predicted octanol–water partition coefficient (Wildman–Crippen LogP) is 2.23. The molecule has 6 heteroatoms. The fourth-order valence-corrected chi connectivity index (χ4v) is 2.41. The minimum Gasteiger partial charge on any atom is -0.357 e. The summed E-state index contributed by atoms with van der Waals surface area (Å²) in [6, 6.07) is 2.02. The maximum absolute atomic E-state index is 4.46. The first kappa shape index (κ1) is 10.2. The molecular formula is C11H11N5S. The Bertz CT molecular complexity index is 669. The summed E-state index contributed by atoms with van der Waals surface area (Å²) in [4.78, 5) is 9.83. The van der Waals surface area contributed by atoms with E-state index in [9.17, 15) is 0 Å². The number of hydrogen-bond acceptors (Lipinski definition) is 5. The lowest BCUT2D eigenvalue weighted by atomic mass is 10.4. The zero-order valence-electron chi connectivity index (χ0n) is 9.51. The molecule has 0 saturated carbocycles. The maximum atomic E-state index is 4.46. The first-order valence-corrected chi connectivity index (χ1v) is 6.10. The number of nitrogens with one attached hydrogen (secondary N) is 1. The molecule has 0 amide bonds. The average Bonchev–Trinajstić information content (AvgIpc) is 2.95. The SMILES string of the molecule is CNc1nc(-n2cc(C)cn2)c2ccsc2n1. The van der Waals surface area contributed by atoms with Crippen molar-refractivity contribution in [3.63, 3.8) is 0 Å². The third-order valence-electron chi connectivity index (χ3n) is 2.46. The van der Waals surface area contributed by atoms with Crippen molar-refractivity contribution in [1.82, 2.24) is 19.7 Å². The zero-order valence-corrected chi connectivity index (χ0v) is 10.3. The normalized spacial score (nSPS) is 10.9. The van der Waals surface area contributed by atoms with Crippen molar-refractivity contribution >= 4 is 27.5 Å². The van der Waals surface area contributed by atoms with Gasteiger partial charge in [-0.05, 0) is 23.9 Å². The molecule has 17 heavy (non-hydrogen) atoms. The summed E-state index contributed by atoms with van der Waals surface area (Å²) in [5.74, 6) is 1.43. The van der Waals surface area contributed by atoms with Gasteiger partial charge in [-0.1, -0.05) is 0 Å². The van der Waals surface area contributed by atoms with E-state index in [4.69, 9.17) is 0 Å². The lowest BCUT2D eigenvalue weighted by molar-refractivity contribution is 0.852. The highest BCUT2D eigenvalue weighted by atomic mass is 32.1. The van der Waals surface area contributed by atoms with E-state index in [2.05, 4.69) is 20.4 Å². The molecule has 3 rings (SSSR count). The van der Waals surface area contributed by atoms with Gasteiger partial charge in [-0.2, -0.15) is 10.1 Å². The van der Waals surface area contributed by atoms with Gasteiger partial charge in [-0.25, -0.2) is 9.67 Å². The fourth-order valence-electron chi connectivity index (χ4n) is 1.65. The Morgan fingerprint density at radius 1 is 1.35 bits per heavy atom. The van der Waals surface area contributed by atoms with Crippen molar-refractivity contribution in [2.45, 2.75) is 6.92 Å². The Hall–Kier alpha value is -1.95. The summed E-state index contributed by atoms with van der Waals surface area (Å²) >= 11 is 1.60. The van der Waals surface area contributed by atoms with Crippen LogP contribution in [0.15, 0.2) is 23.8 Å². The lowest BCUT2D eigenvalue weighted by Crippen LogP contribution is -2.03. The number of aryl methyl sites for hydroxylation is 1. The summed E-state index contributed by atoms with van der Waals surface area (Å²) in [7, 11) is 1.81. The smallest absolute Gasteiger partial charge is 0.225 e. The van der Waals surface area contributed by atoms with E-state index < -0.39 is 0 Å². The number of aromatic nitrogens is 4. The number of hydrogen-bond donors (Lipinski definition) is 1. The minimum atomic E-state index is 0.614. The van der Waals surface area contributed by atoms with Crippen LogP contribution in [0, 0.1) is 6.92 Å². The van der Waals surface area contributed by atoms with Crippen molar-refractivity contribution in [2.75, 3.05) is 12.4 Å². The van der Waals surface area contributed by atoms with Crippen LogP contribution in [0.1, 0.15) is 5.56 Å². The molecule has 0 aliphatic rings. The van der Waals surface area contributed by atoms with Crippen LogP contribution in [0.4, 0.5) is 5.95 Å². The van der Waals surface area contributed by atoms with Crippen LogP contribution in [-0.2, 0) is 0 Å². The number of fused-ring (bicyclic) bond motifs is 1. The van der Waals surface area contributed by atoms with Crippen LogP contribution < -0.4 is 5.32 Å². The van der Waals surface area contributed by atoms with Gasteiger partial charge in [-0.15, -0.1) is 11.3 Å². The maximum Gasteiger partial charge on any atom is 0.225 e. The summed E-state index contributed by atoms with van der Waals surface area (Å²) in [6.07, 6.45) is 3.78. The molecule has 3 aromatic heterocycles. The van der Waals surface area contributed by atoms with E-state index in [1.165, 1.54) is 0 Å². The van der Waals surface area contributed by atoms with Gasteiger partial charge in [0, 0.05) is 13.2 Å². The molecular weight excluding hydrogens is 234 g/mol. The summed E-state index contributed by atoms with van der Waals surface area (Å²) < 4.78 is 1.78. The second-order valence-electron chi connectivity index (χ2n) is 3.72. The van der Waals surface area contributed by atoms with Gasteiger partial charge in [0.15, 0.2) is 5.82 Å². The van der Waals surface area contributed by atoms with Crippen molar-refractivity contribution in [3.05, 3.63) is 29.4 Å². The van der Waals surface area contributed by atoms with Gasteiger partial charge in [0.25, 0.3) is 0 Å². The molecule has 0 unspecified atom stereocenters. The molecule has 0 bridgehead atoms. The van der Waals surface area contributed by atoms with E-state index in [0.29, 0.717) is 5.95 Å². The molecule has 0 spiro atoms. The second kappa shape index (κ2) is 3.81. The monoisotopic (exact) mass is 245 g/mol. The van der Waals surface area contributed by atoms with E-state index in [-0.39, 0.29) is 0 Å². The average molecular weight is 245 g/mol. The second-order valence-corrected chi connectivity index (χ2v) is 4.62. The van der Waals surface area contributed by atoms with Crippen LogP contribution in [0.5, 0.6) is 0 Å². The largest absolute Gasteiger partial charge is 0.357 e. The van der Waals surface area contributed by atoms with Crippen LogP contribution in [0.2, 0.25) is 0 Å². The molecule has 0 aliphatic carbocycles. The van der Waals surface area contributed by atoms with Gasteiger partial charge in [-0.3, -0.25) is 0 Å². The van der Waals surface area contributed by atoms with E-state index >= 15 is 0 Å². The molecule has 86 valence electrons. The molecule has 1 N–H and O–H groups in total. The Balaban J connectivity index is 2.29. The Labute approximate surface area is 102 Å². The molecule has 0 saturated heterocycles. The van der Waals surface area contributed by atoms with Crippen molar-refractivity contribution in [1.29, 1.82) is 0 Å². The predicted molar refractivity (Wildman–Crippen MR) is 68.8 cm³/mol. The summed E-state index contributed by atoms with van der Waals surface area (Å²) in [5, 5.41) is 10.3. The Morgan fingerprint density at radius 3 is 2.94 bits per heavy atom. The highest BCUT2D eigenvalue weighted by Gasteiger charge is 2.10. The molecule has 3 heterocycles. The van der Waals surface area contributed by atoms with Gasteiger partial charge in [0.2, 0.25) is 5.95 Å². The van der Waals surface area contributed by atoms with E-state index in [1.54, 1.807) is 16.0 Å². The lowest BCUT2D eigenvalue weighted by Gasteiger charge is -2.04. The van der Waals surface area contributed by atoms with Gasteiger partial charge >= 0.3 is 0 Å². The standard InChI is InChI=1S/C11H11N5S/c1-7-5-13-16(6-7)9-8-3-4-17-10(8)15-11(12-2)14-9/h3-6H,1-2H3,(H,12,14,15). The molecule has 0 aromatic carbocycles. The molecule has 0 aliphatic heterocycles. The van der Waals surface area contributed by atoms with Gasteiger partial charge in [0.1, 0.15) is 4.83 Å².